The van der Waals surface area contributed by atoms with E-state index in [1.54, 1.807) is 6.20 Å². The van der Waals surface area contributed by atoms with Crippen LogP contribution >= 0.6 is 11.8 Å². The summed E-state index contributed by atoms with van der Waals surface area (Å²) in [5.41, 5.74) is 1.16. The van der Waals surface area contributed by atoms with Crippen molar-refractivity contribution in [3.8, 4) is 0 Å². The topological polar surface area (TPSA) is 38.1 Å². The average Bonchev–Trinajstić information content (AvgIpc) is 2.53. The van der Waals surface area contributed by atoms with Gasteiger partial charge in [-0.25, -0.2) is 0 Å². The molecular weight excluding hydrogens is 172 g/mol. The largest absolute Gasteiger partial charge is 0.360 e. The molecule has 0 bridgehead atoms. The van der Waals surface area contributed by atoms with Crippen molar-refractivity contribution in [1.29, 1.82) is 0 Å². The molecule has 0 radical (unpaired) electrons. The SMILES string of the molecule is Cc1cnoc1C1CNCCS1. The second-order valence-electron chi connectivity index (χ2n) is 2.94. The Balaban J connectivity index is 2.13. The van der Waals surface area contributed by atoms with Crippen molar-refractivity contribution in [2.24, 2.45) is 0 Å². The molecule has 0 saturated carbocycles. The van der Waals surface area contributed by atoms with E-state index in [9.17, 15) is 0 Å². The van der Waals surface area contributed by atoms with Crippen molar-refractivity contribution in [2.75, 3.05) is 18.8 Å². The maximum Gasteiger partial charge on any atom is 0.153 e. The molecule has 0 spiro atoms. The summed E-state index contributed by atoms with van der Waals surface area (Å²) in [5.74, 6) is 2.19. The van der Waals surface area contributed by atoms with Gasteiger partial charge in [-0.3, -0.25) is 0 Å². The number of hydrogen-bond donors (Lipinski definition) is 1. The molecule has 2 rings (SSSR count). The maximum atomic E-state index is 5.19. The highest BCUT2D eigenvalue weighted by Crippen LogP contribution is 2.31. The van der Waals surface area contributed by atoms with Crippen molar-refractivity contribution in [1.82, 2.24) is 10.5 Å². The lowest BCUT2D eigenvalue weighted by Crippen LogP contribution is -2.28. The van der Waals surface area contributed by atoms with Gasteiger partial charge in [0.1, 0.15) is 0 Å². The Morgan fingerprint density at radius 2 is 2.67 bits per heavy atom. The Morgan fingerprint density at radius 1 is 1.75 bits per heavy atom. The Hall–Kier alpha value is -0.480. The van der Waals surface area contributed by atoms with Crippen LogP contribution in [0, 0.1) is 6.92 Å². The first-order valence-electron chi connectivity index (χ1n) is 4.11. The smallest absolute Gasteiger partial charge is 0.153 e. The zero-order valence-corrected chi connectivity index (χ0v) is 7.86. The molecule has 2 heterocycles. The third kappa shape index (κ3) is 1.49. The Bertz CT molecular complexity index is 255. The Kier molecular flexibility index (Phi) is 2.37. The van der Waals surface area contributed by atoms with Crippen molar-refractivity contribution < 1.29 is 4.52 Å². The summed E-state index contributed by atoms with van der Waals surface area (Å²) in [4.78, 5) is 0. The summed E-state index contributed by atoms with van der Waals surface area (Å²) in [6.07, 6.45) is 1.78. The predicted molar refractivity (Wildman–Crippen MR) is 49.3 cm³/mol. The van der Waals surface area contributed by atoms with E-state index in [1.807, 2.05) is 18.7 Å². The van der Waals surface area contributed by atoms with Gasteiger partial charge in [-0.1, -0.05) is 5.16 Å². The first-order chi connectivity index (χ1) is 5.88. The molecule has 1 fully saturated rings. The fourth-order valence-corrected chi connectivity index (χ4v) is 2.51. The van der Waals surface area contributed by atoms with Crippen LogP contribution in [0.5, 0.6) is 0 Å². The van der Waals surface area contributed by atoms with Gasteiger partial charge in [-0.05, 0) is 6.92 Å². The fourth-order valence-electron chi connectivity index (χ4n) is 1.34. The van der Waals surface area contributed by atoms with Gasteiger partial charge in [0, 0.05) is 24.4 Å². The molecule has 0 aliphatic carbocycles. The number of nitrogens with one attached hydrogen (secondary N) is 1. The third-order valence-electron chi connectivity index (χ3n) is 2.01. The third-order valence-corrected chi connectivity index (χ3v) is 3.23. The van der Waals surface area contributed by atoms with Crippen LogP contribution in [0.1, 0.15) is 16.6 Å². The van der Waals surface area contributed by atoms with Crippen LogP contribution in [0.3, 0.4) is 0 Å². The molecule has 1 saturated heterocycles. The van der Waals surface area contributed by atoms with Crippen LogP contribution in [0.4, 0.5) is 0 Å². The Morgan fingerprint density at radius 3 is 3.25 bits per heavy atom. The van der Waals surface area contributed by atoms with Crippen molar-refractivity contribution >= 4 is 11.8 Å². The number of thioether (sulfide) groups is 1. The zero-order chi connectivity index (χ0) is 8.39. The fraction of sp³-hybridized carbons (Fsp3) is 0.625. The summed E-state index contributed by atoms with van der Waals surface area (Å²) < 4.78 is 5.19. The second kappa shape index (κ2) is 3.49. The van der Waals surface area contributed by atoms with Gasteiger partial charge in [-0.15, -0.1) is 11.8 Å². The van der Waals surface area contributed by atoms with E-state index in [1.165, 1.54) is 0 Å². The molecule has 0 amide bonds. The summed E-state index contributed by atoms with van der Waals surface area (Å²) >= 11 is 1.94. The minimum atomic E-state index is 0.459. The predicted octanol–water partition coefficient (Wildman–Crippen LogP) is 1.36. The lowest BCUT2D eigenvalue weighted by Gasteiger charge is -2.20. The summed E-state index contributed by atoms with van der Waals surface area (Å²) in [5, 5.41) is 7.58. The van der Waals surface area contributed by atoms with Crippen molar-refractivity contribution in [3.05, 3.63) is 17.5 Å². The first kappa shape index (κ1) is 8.13. The standard InChI is InChI=1S/C8H12N2OS/c1-6-4-10-11-8(6)7-5-9-2-3-12-7/h4,7,9H,2-3,5H2,1H3. The van der Waals surface area contributed by atoms with E-state index in [0.29, 0.717) is 5.25 Å². The molecule has 1 aliphatic heterocycles. The highest BCUT2D eigenvalue weighted by atomic mass is 32.2. The van der Waals surface area contributed by atoms with E-state index in [0.717, 1.165) is 30.2 Å². The zero-order valence-electron chi connectivity index (χ0n) is 7.04. The second-order valence-corrected chi connectivity index (χ2v) is 4.25. The first-order valence-corrected chi connectivity index (χ1v) is 5.16. The summed E-state index contributed by atoms with van der Waals surface area (Å²) in [6, 6.07) is 0. The van der Waals surface area contributed by atoms with Gasteiger partial charge in [0.25, 0.3) is 0 Å². The maximum absolute atomic E-state index is 5.19. The molecule has 1 aromatic heterocycles. The Labute approximate surface area is 75.9 Å². The molecule has 66 valence electrons. The molecule has 1 aromatic rings. The van der Waals surface area contributed by atoms with Gasteiger partial charge >= 0.3 is 0 Å². The number of aromatic nitrogens is 1. The van der Waals surface area contributed by atoms with E-state index < -0.39 is 0 Å². The van der Waals surface area contributed by atoms with Crippen LogP contribution in [0.25, 0.3) is 0 Å². The van der Waals surface area contributed by atoms with Gasteiger partial charge in [0.05, 0.1) is 11.4 Å². The molecule has 3 nitrogen and oxygen atoms in total. The lowest BCUT2D eigenvalue weighted by atomic mass is 10.2. The number of nitrogens with zero attached hydrogens (tertiary/aromatic N) is 1. The van der Waals surface area contributed by atoms with Crippen molar-refractivity contribution in [3.63, 3.8) is 0 Å². The summed E-state index contributed by atoms with van der Waals surface area (Å²) in [6.45, 7) is 4.15. The highest BCUT2D eigenvalue weighted by molar-refractivity contribution is 7.99. The van der Waals surface area contributed by atoms with Crippen LogP contribution in [0.2, 0.25) is 0 Å². The molecule has 4 heteroatoms. The van der Waals surface area contributed by atoms with Gasteiger partial charge in [-0.2, -0.15) is 0 Å². The van der Waals surface area contributed by atoms with Crippen LogP contribution in [0.15, 0.2) is 10.7 Å². The number of aryl methyl sites for hydroxylation is 1. The number of rotatable bonds is 1. The average molecular weight is 184 g/mol. The molecule has 1 aliphatic rings. The molecule has 1 N–H and O–H groups in total. The van der Waals surface area contributed by atoms with Gasteiger partial charge < -0.3 is 9.84 Å². The van der Waals surface area contributed by atoms with Gasteiger partial charge in [0.2, 0.25) is 0 Å². The van der Waals surface area contributed by atoms with E-state index in [2.05, 4.69) is 10.5 Å². The number of hydrogen-bond acceptors (Lipinski definition) is 4. The molecular formula is C8H12N2OS. The van der Waals surface area contributed by atoms with Crippen LogP contribution in [-0.4, -0.2) is 24.0 Å². The highest BCUT2D eigenvalue weighted by Gasteiger charge is 2.20. The van der Waals surface area contributed by atoms with Crippen LogP contribution in [-0.2, 0) is 0 Å². The molecule has 1 unspecified atom stereocenters. The minimum Gasteiger partial charge on any atom is -0.360 e. The monoisotopic (exact) mass is 184 g/mol. The minimum absolute atomic E-state index is 0.459. The molecule has 12 heavy (non-hydrogen) atoms. The lowest BCUT2D eigenvalue weighted by molar-refractivity contribution is 0.376. The van der Waals surface area contributed by atoms with Crippen LogP contribution < -0.4 is 5.32 Å². The van der Waals surface area contributed by atoms with Gasteiger partial charge in [0.15, 0.2) is 5.76 Å². The van der Waals surface area contributed by atoms with E-state index in [-0.39, 0.29) is 0 Å². The normalized spacial score (nSPS) is 24.2. The van der Waals surface area contributed by atoms with Crippen molar-refractivity contribution in [2.45, 2.75) is 12.2 Å². The van der Waals surface area contributed by atoms with E-state index in [4.69, 9.17) is 4.52 Å². The molecule has 0 aromatic carbocycles. The van der Waals surface area contributed by atoms with E-state index >= 15 is 0 Å². The summed E-state index contributed by atoms with van der Waals surface area (Å²) in [7, 11) is 0. The quantitative estimate of drug-likeness (QED) is 0.715. The molecule has 1 atom stereocenters.